The third-order valence-corrected chi connectivity index (χ3v) is 2.41. The lowest BCUT2D eigenvalue weighted by Crippen LogP contribution is -1.96. The highest BCUT2D eigenvalue weighted by Gasteiger charge is 2.07. The van der Waals surface area contributed by atoms with Crippen LogP contribution in [-0.2, 0) is 0 Å². The van der Waals surface area contributed by atoms with Gasteiger partial charge < -0.3 is 5.11 Å². The predicted octanol–water partition coefficient (Wildman–Crippen LogP) is 1.94. The first-order chi connectivity index (χ1) is 7.56. The first kappa shape index (κ1) is 10.8. The number of nitrogens with zero attached hydrogens (tertiary/aromatic N) is 3. The van der Waals surface area contributed by atoms with Crippen molar-refractivity contribution < 1.29 is 5.11 Å². The van der Waals surface area contributed by atoms with Crippen molar-refractivity contribution in [2.45, 2.75) is 26.9 Å². The minimum atomic E-state index is -0.584. The van der Waals surface area contributed by atoms with Gasteiger partial charge in [0.15, 0.2) is 0 Å². The van der Waals surface area contributed by atoms with Gasteiger partial charge in [-0.2, -0.15) is 0 Å². The minimum absolute atomic E-state index is 0.583. The molecule has 0 bridgehead atoms. The molecule has 1 unspecified atom stereocenters. The molecular formula is C12H15N3O. The fourth-order valence-electron chi connectivity index (χ4n) is 1.68. The van der Waals surface area contributed by atoms with E-state index in [0.29, 0.717) is 5.69 Å². The van der Waals surface area contributed by atoms with E-state index in [2.05, 4.69) is 16.4 Å². The van der Waals surface area contributed by atoms with E-state index in [1.807, 2.05) is 26.0 Å². The summed E-state index contributed by atoms with van der Waals surface area (Å²) in [7, 11) is 0. The van der Waals surface area contributed by atoms with Gasteiger partial charge in [0.1, 0.15) is 5.69 Å². The molecule has 4 heteroatoms. The van der Waals surface area contributed by atoms with Crippen LogP contribution in [0.2, 0.25) is 0 Å². The van der Waals surface area contributed by atoms with Crippen LogP contribution in [0, 0.1) is 13.8 Å². The normalized spacial score (nSPS) is 12.8. The molecule has 2 rings (SSSR count). The average Bonchev–Trinajstić information content (AvgIpc) is 2.64. The molecule has 84 valence electrons. The Labute approximate surface area is 94.5 Å². The van der Waals surface area contributed by atoms with Gasteiger partial charge in [0, 0.05) is 0 Å². The molecule has 0 aliphatic heterocycles. The number of rotatable bonds is 2. The van der Waals surface area contributed by atoms with Crippen LogP contribution >= 0.6 is 0 Å². The number of aryl methyl sites for hydroxylation is 2. The van der Waals surface area contributed by atoms with Gasteiger partial charge in [-0.15, -0.1) is 5.10 Å². The van der Waals surface area contributed by atoms with Crippen LogP contribution in [0.1, 0.15) is 29.8 Å². The molecule has 0 aliphatic carbocycles. The molecule has 0 amide bonds. The Balaban J connectivity index is 2.42. The lowest BCUT2D eigenvalue weighted by molar-refractivity contribution is 0.194. The van der Waals surface area contributed by atoms with Gasteiger partial charge in [0.2, 0.25) is 0 Å². The summed E-state index contributed by atoms with van der Waals surface area (Å²) in [6, 6.07) is 6.18. The molecule has 0 aliphatic rings. The molecule has 1 N–H and O–H groups in total. The predicted molar refractivity (Wildman–Crippen MR) is 61.5 cm³/mol. The molecule has 1 atom stereocenters. The van der Waals surface area contributed by atoms with E-state index < -0.39 is 6.10 Å². The topological polar surface area (TPSA) is 50.9 Å². The standard InChI is InChI=1S/C12H15N3O/c1-8-4-9(2)6-11(5-8)15-7-12(10(3)16)13-14-15/h4-7,10,16H,1-3H3. The second-order valence-corrected chi connectivity index (χ2v) is 4.11. The van der Waals surface area contributed by atoms with E-state index in [1.165, 1.54) is 11.1 Å². The van der Waals surface area contributed by atoms with Crippen LogP contribution < -0.4 is 0 Å². The molecule has 1 heterocycles. The van der Waals surface area contributed by atoms with Gasteiger partial charge in [-0.05, 0) is 44.0 Å². The van der Waals surface area contributed by atoms with Gasteiger partial charge in [0.25, 0.3) is 0 Å². The number of benzene rings is 1. The second-order valence-electron chi connectivity index (χ2n) is 4.11. The van der Waals surface area contributed by atoms with Crippen LogP contribution in [0.4, 0.5) is 0 Å². The summed E-state index contributed by atoms with van der Waals surface area (Å²) in [5.41, 5.74) is 3.92. The Morgan fingerprint density at radius 3 is 2.31 bits per heavy atom. The van der Waals surface area contributed by atoms with Crippen molar-refractivity contribution in [2.24, 2.45) is 0 Å². The Morgan fingerprint density at radius 2 is 1.81 bits per heavy atom. The summed E-state index contributed by atoms with van der Waals surface area (Å²) in [5.74, 6) is 0. The molecule has 2 aromatic rings. The summed E-state index contributed by atoms with van der Waals surface area (Å²) in [6.07, 6.45) is 1.17. The quantitative estimate of drug-likeness (QED) is 0.836. The smallest absolute Gasteiger partial charge is 0.111 e. The number of aromatic nitrogens is 3. The van der Waals surface area contributed by atoms with Crippen molar-refractivity contribution >= 4 is 0 Å². The van der Waals surface area contributed by atoms with E-state index in [0.717, 1.165) is 5.69 Å². The molecule has 1 aromatic carbocycles. The molecule has 0 saturated carbocycles. The van der Waals surface area contributed by atoms with Gasteiger partial charge in [-0.25, -0.2) is 4.68 Å². The minimum Gasteiger partial charge on any atom is -0.387 e. The Morgan fingerprint density at radius 1 is 1.19 bits per heavy atom. The summed E-state index contributed by atoms with van der Waals surface area (Å²) in [6.45, 7) is 5.77. The third-order valence-electron chi connectivity index (χ3n) is 2.41. The molecular weight excluding hydrogens is 202 g/mol. The summed E-state index contributed by atoms with van der Waals surface area (Å²) in [4.78, 5) is 0. The Bertz CT molecular complexity index is 482. The van der Waals surface area contributed by atoms with Crippen LogP contribution in [0.25, 0.3) is 5.69 Å². The number of aliphatic hydroxyl groups is 1. The highest BCUT2D eigenvalue weighted by molar-refractivity contribution is 5.38. The SMILES string of the molecule is Cc1cc(C)cc(-n2cc(C(C)O)nn2)c1. The van der Waals surface area contributed by atoms with Crippen molar-refractivity contribution in [3.63, 3.8) is 0 Å². The highest BCUT2D eigenvalue weighted by Crippen LogP contribution is 2.14. The first-order valence-corrected chi connectivity index (χ1v) is 5.25. The van der Waals surface area contributed by atoms with Crippen LogP contribution in [0.3, 0.4) is 0 Å². The molecule has 0 fully saturated rings. The van der Waals surface area contributed by atoms with Crippen molar-refractivity contribution in [1.82, 2.24) is 15.0 Å². The molecule has 0 radical (unpaired) electrons. The highest BCUT2D eigenvalue weighted by atomic mass is 16.3. The van der Waals surface area contributed by atoms with Gasteiger partial charge >= 0.3 is 0 Å². The maximum atomic E-state index is 9.38. The third kappa shape index (κ3) is 2.12. The molecule has 1 aromatic heterocycles. The number of hydrogen-bond acceptors (Lipinski definition) is 3. The van der Waals surface area contributed by atoms with E-state index in [-0.39, 0.29) is 0 Å². The van der Waals surface area contributed by atoms with Crippen LogP contribution in [-0.4, -0.2) is 20.1 Å². The van der Waals surface area contributed by atoms with Crippen LogP contribution in [0.15, 0.2) is 24.4 Å². The zero-order chi connectivity index (χ0) is 11.7. The second kappa shape index (κ2) is 4.06. The van der Waals surface area contributed by atoms with E-state index >= 15 is 0 Å². The Hall–Kier alpha value is -1.68. The lowest BCUT2D eigenvalue weighted by atomic mass is 10.1. The molecule has 0 saturated heterocycles. The van der Waals surface area contributed by atoms with Crippen molar-refractivity contribution in [1.29, 1.82) is 0 Å². The van der Waals surface area contributed by atoms with E-state index in [4.69, 9.17) is 0 Å². The van der Waals surface area contributed by atoms with Crippen molar-refractivity contribution in [3.05, 3.63) is 41.2 Å². The van der Waals surface area contributed by atoms with Crippen LogP contribution in [0.5, 0.6) is 0 Å². The summed E-state index contributed by atoms with van der Waals surface area (Å²) in [5, 5.41) is 17.3. The zero-order valence-corrected chi connectivity index (χ0v) is 9.68. The Kier molecular flexibility index (Phi) is 2.75. The van der Waals surface area contributed by atoms with Gasteiger partial charge in [0.05, 0.1) is 18.0 Å². The number of hydrogen-bond donors (Lipinski definition) is 1. The fourth-order valence-corrected chi connectivity index (χ4v) is 1.68. The molecule has 4 nitrogen and oxygen atoms in total. The monoisotopic (exact) mass is 217 g/mol. The fraction of sp³-hybridized carbons (Fsp3) is 0.333. The maximum Gasteiger partial charge on any atom is 0.111 e. The lowest BCUT2D eigenvalue weighted by Gasteiger charge is -2.03. The summed E-state index contributed by atoms with van der Waals surface area (Å²) >= 11 is 0. The first-order valence-electron chi connectivity index (χ1n) is 5.25. The van der Waals surface area contributed by atoms with Crippen molar-refractivity contribution in [2.75, 3.05) is 0 Å². The van der Waals surface area contributed by atoms with Gasteiger partial charge in [-0.3, -0.25) is 0 Å². The zero-order valence-electron chi connectivity index (χ0n) is 9.68. The average molecular weight is 217 g/mol. The summed E-state index contributed by atoms with van der Waals surface area (Å²) < 4.78 is 1.68. The number of aliphatic hydroxyl groups excluding tert-OH is 1. The van der Waals surface area contributed by atoms with Gasteiger partial charge in [-0.1, -0.05) is 11.3 Å². The molecule has 16 heavy (non-hydrogen) atoms. The largest absolute Gasteiger partial charge is 0.387 e. The van der Waals surface area contributed by atoms with E-state index in [1.54, 1.807) is 17.8 Å². The van der Waals surface area contributed by atoms with Crippen molar-refractivity contribution in [3.8, 4) is 5.69 Å². The molecule has 0 spiro atoms. The van der Waals surface area contributed by atoms with E-state index in [9.17, 15) is 5.11 Å². The maximum absolute atomic E-state index is 9.38.